The van der Waals surface area contributed by atoms with Crippen LogP contribution in [-0.4, -0.2) is 19.2 Å². The number of anilines is 1. The van der Waals surface area contributed by atoms with Crippen LogP contribution in [0.2, 0.25) is 0 Å². The van der Waals surface area contributed by atoms with Gasteiger partial charge < -0.3 is 15.4 Å². The third kappa shape index (κ3) is 5.40. The van der Waals surface area contributed by atoms with Crippen molar-refractivity contribution in [3.63, 3.8) is 0 Å². The molecule has 0 aromatic heterocycles. The maximum absolute atomic E-state index is 12.5. The van der Waals surface area contributed by atoms with Crippen LogP contribution in [0.3, 0.4) is 0 Å². The van der Waals surface area contributed by atoms with Gasteiger partial charge in [-0.25, -0.2) is 4.79 Å². The van der Waals surface area contributed by atoms with Crippen LogP contribution in [0.5, 0.6) is 5.75 Å². The zero-order valence-corrected chi connectivity index (χ0v) is 14.8. The smallest absolute Gasteiger partial charge is 0.416 e. The molecule has 2 aromatic rings. The molecule has 0 saturated carbocycles. The van der Waals surface area contributed by atoms with Crippen molar-refractivity contribution in [2.75, 3.05) is 18.5 Å². The maximum atomic E-state index is 12.5. The SMILES string of the molecule is Cc1cc(C)c(OCCNC(=O)Nc2ccc(C(F)(F)F)cc2)cc1C. The van der Waals surface area contributed by atoms with Gasteiger partial charge in [-0.1, -0.05) is 6.07 Å². The van der Waals surface area contributed by atoms with Gasteiger partial charge in [-0.3, -0.25) is 0 Å². The minimum absolute atomic E-state index is 0.263. The molecule has 0 aliphatic rings. The quantitative estimate of drug-likeness (QED) is 0.745. The summed E-state index contributed by atoms with van der Waals surface area (Å²) in [6.07, 6.45) is -4.40. The Morgan fingerprint density at radius 2 is 1.62 bits per heavy atom. The van der Waals surface area contributed by atoms with Crippen LogP contribution in [0.15, 0.2) is 36.4 Å². The largest absolute Gasteiger partial charge is 0.491 e. The van der Waals surface area contributed by atoms with E-state index in [1.54, 1.807) is 0 Å². The van der Waals surface area contributed by atoms with Gasteiger partial charge in [0.25, 0.3) is 0 Å². The summed E-state index contributed by atoms with van der Waals surface area (Å²) in [7, 11) is 0. The predicted octanol–water partition coefficient (Wildman–Crippen LogP) is 4.83. The average molecular weight is 366 g/mol. The van der Waals surface area contributed by atoms with Crippen LogP contribution in [0, 0.1) is 20.8 Å². The number of carbonyl (C=O) groups is 1. The first-order chi connectivity index (χ1) is 12.2. The molecular weight excluding hydrogens is 345 g/mol. The van der Waals surface area contributed by atoms with Gasteiger partial charge in [0.1, 0.15) is 12.4 Å². The number of benzene rings is 2. The molecule has 2 amide bonds. The molecule has 2 aromatic carbocycles. The van der Waals surface area contributed by atoms with Crippen molar-refractivity contribution in [2.45, 2.75) is 26.9 Å². The van der Waals surface area contributed by atoms with E-state index in [0.29, 0.717) is 0 Å². The fraction of sp³-hybridized carbons (Fsp3) is 0.316. The van der Waals surface area contributed by atoms with E-state index in [-0.39, 0.29) is 18.8 Å². The Labute approximate surface area is 150 Å². The first-order valence-electron chi connectivity index (χ1n) is 8.09. The number of hydrogen-bond donors (Lipinski definition) is 2. The molecule has 0 atom stereocenters. The second-order valence-electron chi connectivity index (χ2n) is 6.01. The van der Waals surface area contributed by atoms with E-state index < -0.39 is 17.8 Å². The molecule has 0 radical (unpaired) electrons. The lowest BCUT2D eigenvalue weighted by Crippen LogP contribution is -2.32. The summed E-state index contributed by atoms with van der Waals surface area (Å²) >= 11 is 0. The van der Waals surface area contributed by atoms with Crippen LogP contribution >= 0.6 is 0 Å². The summed E-state index contributed by atoms with van der Waals surface area (Å²) in [5.41, 5.74) is 2.84. The molecule has 0 spiro atoms. The van der Waals surface area contributed by atoms with E-state index >= 15 is 0 Å². The highest BCUT2D eigenvalue weighted by Gasteiger charge is 2.29. The van der Waals surface area contributed by atoms with Gasteiger partial charge in [0, 0.05) is 5.69 Å². The molecule has 4 nitrogen and oxygen atoms in total. The van der Waals surface area contributed by atoms with E-state index in [9.17, 15) is 18.0 Å². The molecule has 0 aliphatic heterocycles. The number of halogens is 3. The Morgan fingerprint density at radius 1 is 1.00 bits per heavy atom. The van der Waals surface area contributed by atoms with Crippen molar-refractivity contribution < 1.29 is 22.7 Å². The maximum Gasteiger partial charge on any atom is 0.416 e. The standard InChI is InChI=1S/C19H21F3N2O2/c1-12-10-14(3)17(11-13(12)2)26-9-8-23-18(25)24-16-6-4-15(5-7-16)19(20,21)22/h4-7,10-11H,8-9H2,1-3H3,(H2,23,24,25). The van der Waals surface area contributed by atoms with Gasteiger partial charge in [0.15, 0.2) is 0 Å². The fourth-order valence-corrected chi connectivity index (χ4v) is 2.33. The summed E-state index contributed by atoms with van der Waals surface area (Å²) in [5.74, 6) is 0.762. The first kappa shape index (κ1) is 19.6. The minimum atomic E-state index is -4.40. The van der Waals surface area contributed by atoms with Crippen molar-refractivity contribution in [3.8, 4) is 5.75 Å². The first-order valence-corrected chi connectivity index (χ1v) is 8.09. The molecule has 0 bridgehead atoms. The van der Waals surface area contributed by atoms with Gasteiger partial charge in [0.05, 0.1) is 12.1 Å². The van der Waals surface area contributed by atoms with Crippen LogP contribution in [0.1, 0.15) is 22.3 Å². The molecule has 0 unspecified atom stereocenters. The number of carbonyl (C=O) groups excluding carboxylic acids is 1. The molecule has 140 valence electrons. The van der Waals surface area contributed by atoms with Crippen LogP contribution in [0.4, 0.5) is 23.7 Å². The van der Waals surface area contributed by atoms with E-state index in [0.717, 1.165) is 29.0 Å². The number of nitrogens with one attached hydrogen (secondary N) is 2. The highest BCUT2D eigenvalue weighted by atomic mass is 19.4. The molecule has 0 fully saturated rings. The van der Waals surface area contributed by atoms with Gasteiger partial charge in [-0.15, -0.1) is 0 Å². The van der Waals surface area contributed by atoms with Crippen molar-refractivity contribution >= 4 is 11.7 Å². The highest BCUT2D eigenvalue weighted by molar-refractivity contribution is 5.89. The molecule has 26 heavy (non-hydrogen) atoms. The highest BCUT2D eigenvalue weighted by Crippen LogP contribution is 2.29. The minimum Gasteiger partial charge on any atom is -0.491 e. The monoisotopic (exact) mass is 366 g/mol. The Morgan fingerprint density at radius 3 is 2.23 bits per heavy atom. The summed E-state index contributed by atoms with van der Waals surface area (Å²) in [5, 5.41) is 5.07. The lowest BCUT2D eigenvalue weighted by Gasteiger charge is -2.13. The topological polar surface area (TPSA) is 50.4 Å². The Bertz CT molecular complexity index is 772. The van der Waals surface area contributed by atoms with E-state index in [1.807, 2.05) is 32.9 Å². The van der Waals surface area contributed by atoms with E-state index in [1.165, 1.54) is 17.7 Å². The number of urea groups is 1. The van der Waals surface area contributed by atoms with Crippen molar-refractivity contribution in [2.24, 2.45) is 0 Å². The van der Waals surface area contributed by atoms with Crippen molar-refractivity contribution in [1.82, 2.24) is 5.32 Å². The Hall–Kier alpha value is -2.70. The summed E-state index contributed by atoms with van der Waals surface area (Å²) in [4.78, 5) is 11.8. The second kappa shape index (κ2) is 8.12. The predicted molar refractivity (Wildman–Crippen MR) is 94.6 cm³/mol. The van der Waals surface area contributed by atoms with Crippen LogP contribution < -0.4 is 15.4 Å². The molecule has 0 aliphatic carbocycles. The van der Waals surface area contributed by atoms with Gasteiger partial charge in [0.2, 0.25) is 0 Å². The third-order valence-electron chi connectivity index (χ3n) is 3.91. The van der Waals surface area contributed by atoms with Gasteiger partial charge >= 0.3 is 12.2 Å². The van der Waals surface area contributed by atoms with Crippen LogP contribution in [0.25, 0.3) is 0 Å². The molecule has 2 rings (SSSR count). The third-order valence-corrected chi connectivity index (χ3v) is 3.91. The lowest BCUT2D eigenvalue weighted by atomic mass is 10.1. The molecule has 0 heterocycles. The molecule has 7 heteroatoms. The number of amides is 2. The Balaban J connectivity index is 1.78. The van der Waals surface area contributed by atoms with Crippen molar-refractivity contribution in [3.05, 3.63) is 58.7 Å². The van der Waals surface area contributed by atoms with Crippen LogP contribution in [-0.2, 0) is 6.18 Å². The van der Waals surface area contributed by atoms with Crippen molar-refractivity contribution in [1.29, 1.82) is 0 Å². The lowest BCUT2D eigenvalue weighted by molar-refractivity contribution is -0.137. The van der Waals surface area contributed by atoms with Gasteiger partial charge in [-0.05, 0) is 67.8 Å². The number of aryl methyl sites for hydroxylation is 3. The Kier molecular flexibility index (Phi) is 6.13. The average Bonchev–Trinajstić information content (AvgIpc) is 2.55. The molecule has 2 N–H and O–H groups in total. The normalized spacial score (nSPS) is 11.2. The van der Waals surface area contributed by atoms with E-state index in [2.05, 4.69) is 10.6 Å². The summed E-state index contributed by atoms with van der Waals surface area (Å²) in [6, 6.07) is 7.73. The number of hydrogen-bond acceptors (Lipinski definition) is 2. The fourth-order valence-electron chi connectivity index (χ4n) is 2.33. The molecule has 0 saturated heterocycles. The summed E-state index contributed by atoms with van der Waals surface area (Å²) < 4.78 is 43.1. The zero-order valence-electron chi connectivity index (χ0n) is 14.8. The number of ether oxygens (including phenoxy) is 1. The number of alkyl halides is 3. The van der Waals surface area contributed by atoms with E-state index in [4.69, 9.17) is 4.74 Å². The van der Waals surface area contributed by atoms with Gasteiger partial charge in [-0.2, -0.15) is 13.2 Å². The molecular formula is C19H21F3N2O2. The summed E-state index contributed by atoms with van der Waals surface area (Å²) in [6.45, 7) is 6.52. The second-order valence-corrected chi connectivity index (χ2v) is 6.01. The number of rotatable bonds is 5. The zero-order chi connectivity index (χ0) is 19.3.